The quantitative estimate of drug-likeness (QED) is 0.483. The number of nitrogens with zero attached hydrogens (tertiary/aromatic N) is 1. The van der Waals surface area contributed by atoms with Gasteiger partial charge < -0.3 is 9.84 Å². The number of Topliss-reactive ketones (excluding diaryl/α,β-unsaturated/α-hetero) is 1. The van der Waals surface area contributed by atoms with Gasteiger partial charge in [0.1, 0.15) is 6.10 Å². The van der Waals surface area contributed by atoms with Gasteiger partial charge in [-0.1, -0.05) is 38.1 Å². The Morgan fingerprint density at radius 2 is 1.87 bits per heavy atom. The number of carboxylic acid groups (broad SMARTS) is 1. The number of hydrogen-bond donors (Lipinski definition) is 1. The smallest absolute Gasteiger partial charge is 0.450 e. The highest BCUT2D eigenvalue weighted by atomic mass is 32.1. The van der Waals surface area contributed by atoms with Gasteiger partial charge in [0.25, 0.3) is 0 Å². The number of hydrogen-bond acceptors (Lipinski definition) is 5. The van der Waals surface area contributed by atoms with Crippen molar-refractivity contribution in [1.82, 2.24) is 4.90 Å². The van der Waals surface area contributed by atoms with Crippen LogP contribution in [0.25, 0.3) is 0 Å². The highest BCUT2D eigenvalue weighted by Gasteiger charge is 2.63. The monoisotopic (exact) mass is 439 g/mol. The van der Waals surface area contributed by atoms with Crippen LogP contribution in [-0.4, -0.2) is 41.1 Å². The van der Waals surface area contributed by atoms with Crippen LogP contribution in [0.5, 0.6) is 0 Å². The Morgan fingerprint density at radius 3 is 2.55 bits per heavy atom. The molecule has 0 unspecified atom stereocenters. The summed E-state index contributed by atoms with van der Waals surface area (Å²) in [6.45, 7) is 8.98. The lowest BCUT2D eigenvalue weighted by Gasteiger charge is -2.37. The third kappa shape index (κ3) is 3.70. The molecule has 3 aliphatic rings. The fraction of sp³-hybridized carbons (Fsp3) is 0.520. The molecule has 2 fully saturated rings. The van der Waals surface area contributed by atoms with E-state index in [9.17, 15) is 9.59 Å². The van der Waals surface area contributed by atoms with Gasteiger partial charge in [0.2, 0.25) is 0 Å². The van der Waals surface area contributed by atoms with Crippen LogP contribution < -0.4 is 0 Å². The number of aryl methyl sites for hydroxylation is 2. The fourth-order valence-corrected chi connectivity index (χ4v) is 6.87. The first-order chi connectivity index (χ1) is 14.7. The van der Waals surface area contributed by atoms with Crippen LogP contribution in [0.3, 0.4) is 0 Å². The molecule has 31 heavy (non-hydrogen) atoms. The van der Waals surface area contributed by atoms with E-state index < -0.39 is 6.16 Å². The molecule has 2 atom stereocenters. The largest absolute Gasteiger partial charge is 0.506 e. The molecule has 6 heteroatoms. The Labute approximate surface area is 187 Å². The van der Waals surface area contributed by atoms with Crippen molar-refractivity contribution in [2.24, 2.45) is 11.3 Å². The first-order valence-electron chi connectivity index (χ1n) is 11.1. The number of thiophene rings is 1. The highest BCUT2D eigenvalue weighted by Crippen LogP contribution is 2.71. The van der Waals surface area contributed by atoms with E-state index in [1.54, 1.807) is 11.3 Å². The molecule has 0 spiro atoms. The lowest BCUT2D eigenvalue weighted by Crippen LogP contribution is -2.52. The average Bonchev–Trinajstić information content (AvgIpc) is 3.02. The molecule has 0 radical (unpaired) electrons. The molecule has 0 amide bonds. The Morgan fingerprint density at radius 1 is 1.19 bits per heavy atom. The summed E-state index contributed by atoms with van der Waals surface area (Å²) in [4.78, 5) is 28.1. The molecule has 1 saturated heterocycles. The van der Waals surface area contributed by atoms with E-state index in [0.717, 1.165) is 30.2 Å². The van der Waals surface area contributed by atoms with Crippen molar-refractivity contribution in [1.29, 1.82) is 0 Å². The van der Waals surface area contributed by atoms with Crippen molar-refractivity contribution in [2.75, 3.05) is 13.1 Å². The molecule has 1 saturated carbocycles. The van der Waals surface area contributed by atoms with Gasteiger partial charge in [-0.15, -0.1) is 11.3 Å². The number of likely N-dealkylation sites (tertiary alicyclic amines) is 1. The predicted molar refractivity (Wildman–Crippen MR) is 120 cm³/mol. The Kier molecular flexibility index (Phi) is 4.98. The van der Waals surface area contributed by atoms with E-state index in [1.165, 1.54) is 27.1 Å². The minimum absolute atomic E-state index is 0.206. The normalized spacial score (nSPS) is 23.7. The molecular formula is C25H29NO4S. The standard InChI is InChI=1S/C25H29NO4S/c1-14-21-18(10-19-22(21)25(19,2)3)23(31-14)20(27)9-8-15-4-6-16(7-5-15)11-26-12-17(13-26)30-24(28)29/h4-7,17,19,22H,8-13H2,1-3H3,(H,28,29)/t19-,22-/m1/s1. The maximum absolute atomic E-state index is 13.0. The van der Waals surface area contributed by atoms with Crippen LogP contribution in [0.15, 0.2) is 24.3 Å². The summed E-state index contributed by atoms with van der Waals surface area (Å²) >= 11 is 1.71. The predicted octanol–water partition coefficient (Wildman–Crippen LogP) is 5.05. The molecule has 1 aliphatic heterocycles. The first-order valence-corrected chi connectivity index (χ1v) is 11.9. The fourth-order valence-electron chi connectivity index (χ4n) is 5.67. The highest BCUT2D eigenvalue weighted by molar-refractivity contribution is 7.14. The lowest BCUT2D eigenvalue weighted by molar-refractivity contribution is -0.0363. The summed E-state index contributed by atoms with van der Waals surface area (Å²) in [6.07, 6.45) is 1.00. The molecule has 5 rings (SSSR count). The summed E-state index contributed by atoms with van der Waals surface area (Å²) in [5, 5.41) is 8.63. The molecule has 2 aliphatic carbocycles. The van der Waals surface area contributed by atoms with Crippen LogP contribution >= 0.6 is 11.3 Å². The number of ether oxygens (including phenoxy) is 1. The van der Waals surface area contributed by atoms with Crippen molar-refractivity contribution in [3.63, 3.8) is 0 Å². The lowest BCUT2D eigenvalue weighted by atomic mass is 9.94. The maximum Gasteiger partial charge on any atom is 0.506 e. The molecule has 1 aromatic heterocycles. The van der Waals surface area contributed by atoms with Crippen molar-refractivity contribution in [2.45, 2.75) is 58.6 Å². The van der Waals surface area contributed by atoms with Gasteiger partial charge in [0.15, 0.2) is 5.78 Å². The Balaban J connectivity index is 1.14. The average molecular weight is 440 g/mol. The molecule has 1 N–H and O–H groups in total. The zero-order valence-corrected chi connectivity index (χ0v) is 19.1. The number of carbonyl (C=O) groups excluding carboxylic acids is 1. The molecule has 164 valence electrons. The molecule has 5 nitrogen and oxygen atoms in total. The summed E-state index contributed by atoms with van der Waals surface area (Å²) in [6, 6.07) is 8.42. The zero-order chi connectivity index (χ0) is 21.9. The maximum atomic E-state index is 13.0. The number of fused-ring (bicyclic) bond motifs is 3. The Bertz CT molecular complexity index is 1030. The minimum atomic E-state index is -1.20. The third-order valence-corrected chi connectivity index (χ3v) is 8.74. The van der Waals surface area contributed by atoms with Crippen molar-refractivity contribution in [3.8, 4) is 0 Å². The van der Waals surface area contributed by atoms with Gasteiger partial charge in [-0.05, 0) is 59.3 Å². The zero-order valence-electron chi connectivity index (χ0n) is 18.3. The van der Waals surface area contributed by atoms with Gasteiger partial charge in [-0.2, -0.15) is 0 Å². The summed E-state index contributed by atoms with van der Waals surface area (Å²) in [5.41, 5.74) is 5.65. The van der Waals surface area contributed by atoms with Crippen LogP contribution in [0, 0.1) is 18.3 Å². The topological polar surface area (TPSA) is 66.8 Å². The molecule has 2 aromatic rings. The number of ketones is 1. The van der Waals surface area contributed by atoms with Crippen molar-refractivity contribution < 1.29 is 19.4 Å². The second kappa shape index (κ2) is 7.45. The number of carbonyl (C=O) groups is 2. The van der Waals surface area contributed by atoms with Crippen LogP contribution in [-0.2, 0) is 24.1 Å². The van der Waals surface area contributed by atoms with Crippen LogP contribution in [0.1, 0.15) is 63.0 Å². The molecule has 0 bridgehead atoms. The van der Waals surface area contributed by atoms with Crippen molar-refractivity contribution >= 4 is 23.3 Å². The van der Waals surface area contributed by atoms with Crippen LogP contribution in [0.4, 0.5) is 4.79 Å². The van der Waals surface area contributed by atoms with Gasteiger partial charge in [-0.25, -0.2) is 4.79 Å². The Hall–Kier alpha value is -2.18. The van der Waals surface area contributed by atoms with Gasteiger partial charge in [-0.3, -0.25) is 9.69 Å². The minimum Gasteiger partial charge on any atom is -0.450 e. The molecular weight excluding hydrogens is 410 g/mol. The van der Waals surface area contributed by atoms with Crippen molar-refractivity contribution in [3.05, 3.63) is 56.3 Å². The van der Waals surface area contributed by atoms with E-state index in [1.807, 2.05) is 0 Å². The van der Waals surface area contributed by atoms with E-state index in [-0.39, 0.29) is 6.10 Å². The van der Waals surface area contributed by atoms with Gasteiger partial charge >= 0.3 is 6.16 Å². The molecule has 2 heterocycles. The van der Waals surface area contributed by atoms with E-state index >= 15 is 0 Å². The summed E-state index contributed by atoms with van der Waals surface area (Å²) in [5.74, 6) is 1.70. The van der Waals surface area contributed by atoms with Gasteiger partial charge in [0, 0.05) is 30.9 Å². The van der Waals surface area contributed by atoms with E-state index in [4.69, 9.17) is 9.84 Å². The van der Waals surface area contributed by atoms with Gasteiger partial charge in [0.05, 0.1) is 4.88 Å². The third-order valence-electron chi connectivity index (χ3n) is 7.53. The summed E-state index contributed by atoms with van der Waals surface area (Å²) in [7, 11) is 0. The molecule has 1 aromatic carbocycles. The second-order valence-corrected chi connectivity index (χ2v) is 11.2. The van der Waals surface area contributed by atoms with Crippen LogP contribution in [0.2, 0.25) is 0 Å². The number of benzene rings is 1. The number of rotatable bonds is 7. The first kappa shape index (κ1) is 20.7. The van der Waals surface area contributed by atoms with E-state index in [0.29, 0.717) is 36.6 Å². The SMILES string of the molecule is Cc1sc(C(=O)CCc2ccc(CN3CC(OC(=O)O)C3)cc2)c2c1[C@H]1[C@@H](C2)C1(C)C. The summed E-state index contributed by atoms with van der Waals surface area (Å²) < 4.78 is 4.76. The van der Waals surface area contributed by atoms with E-state index in [2.05, 4.69) is 49.9 Å². The second-order valence-electron chi connectivity index (χ2n) is 9.93.